The maximum Gasteiger partial charge on any atom is 0.136 e. The molecule has 0 aliphatic carbocycles. The fraction of sp³-hybridized carbons (Fsp3) is 0.211. The average molecular weight is 305 g/mol. The van der Waals surface area contributed by atoms with Crippen LogP contribution in [0.4, 0.5) is 5.69 Å². The Morgan fingerprint density at radius 3 is 2.70 bits per heavy atom. The van der Waals surface area contributed by atoms with Gasteiger partial charge >= 0.3 is 0 Å². The third-order valence-electron chi connectivity index (χ3n) is 4.19. The zero-order valence-corrected chi connectivity index (χ0v) is 12.9. The number of imidazole rings is 1. The number of hydrogen-bond acceptors (Lipinski definition) is 3. The van der Waals surface area contributed by atoms with Gasteiger partial charge in [0.25, 0.3) is 0 Å². The van der Waals surface area contributed by atoms with Crippen LogP contribution in [0, 0.1) is 0 Å². The lowest BCUT2D eigenvalue weighted by atomic mass is 10.1. The van der Waals surface area contributed by atoms with E-state index >= 15 is 0 Å². The van der Waals surface area contributed by atoms with Crippen molar-refractivity contribution in [2.24, 2.45) is 0 Å². The first kappa shape index (κ1) is 13.9. The van der Waals surface area contributed by atoms with Gasteiger partial charge in [0.2, 0.25) is 0 Å². The summed E-state index contributed by atoms with van der Waals surface area (Å²) in [6.45, 7) is 2.27. The lowest BCUT2D eigenvalue weighted by molar-refractivity contribution is 0.484. The van der Waals surface area contributed by atoms with Gasteiger partial charge in [-0.15, -0.1) is 0 Å². The van der Waals surface area contributed by atoms with E-state index in [-0.39, 0.29) is 0 Å². The normalized spacial score (nSPS) is 14.2. The number of para-hydroxylation sites is 1. The molecule has 0 spiro atoms. The molecule has 2 aromatic carbocycles. The second-order valence-corrected chi connectivity index (χ2v) is 5.76. The number of nitrogens with zero attached hydrogens (tertiary/aromatic N) is 2. The predicted octanol–water partition coefficient (Wildman–Crippen LogP) is 4.47. The molecule has 4 nitrogen and oxygen atoms in total. The highest BCUT2D eigenvalue weighted by molar-refractivity contribution is 5.67. The Morgan fingerprint density at radius 1 is 1.00 bits per heavy atom. The average Bonchev–Trinajstić information content (AvgIpc) is 3.30. The molecule has 1 aliphatic heterocycles. The first-order valence-electron chi connectivity index (χ1n) is 8.01. The third-order valence-corrected chi connectivity index (χ3v) is 4.19. The predicted molar refractivity (Wildman–Crippen MR) is 92.0 cm³/mol. The van der Waals surface area contributed by atoms with Gasteiger partial charge in [-0.2, -0.15) is 0 Å². The van der Waals surface area contributed by atoms with E-state index in [0.717, 1.165) is 35.8 Å². The second-order valence-electron chi connectivity index (χ2n) is 5.76. The second kappa shape index (κ2) is 6.16. The van der Waals surface area contributed by atoms with Gasteiger partial charge in [-0.1, -0.05) is 18.2 Å². The number of nitrogens with one attached hydrogen (secondary N) is 1. The van der Waals surface area contributed by atoms with Crippen LogP contribution in [0.5, 0.6) is 11.5 Å². The highest BCUT2D eigenvalue weighted by Gasteiger charge is 2.13. The van der Waals surface area contributed by atoms with Crippen molar-refractivity contribution in [3.63, 3.8) is 0 Å². The van der Waals surface area contributed by atoms with Crippen molar-refractivity contribution in [2.75, 3.05) is 18.0 Å². The molecule has 1 fully saturated rings. The van der Waals surface area contributed by atoms with E-state index in [4.69, 9.17) is 4.74 Å². The van der Waals surface area contributed by atoms with Gasteiger partial charge in [-0.25, -0.2) is 4.98 Å². The monoisotopic (exact) mass is 305 g/mol. The minimum Gasteiger partial charge on any atom is -0.457 e. The molecule has 116 valence electrons. The van der Waals surface area contributed by atoms with Crippen molar-refractivity contribution in [3.8, 4) is 22.8 Å². The van der Waals surface area contributed by atoms with Crippen LogP contribution in [0.1, 0.15) is 12.8 Å². The summed E-state index contributed by atoms with van der Waals surface area (Å²) in [6.07, 6.45) is 6.03. The van der Waals surface area contributed by atoms with Crippen LogP contribution < -0.4 is 9.64 Å². The summed E-state index contributed by atoms with van der Waals surface area (Å²) in [4.78, 5) is 9.64. The molecule has 23 heavy (non-hydrogen) atoms. The van der Waals surface area contributed by atoms with Gasteiger partial charge in [0.1, 0.15) is 11.5 Å². The fourth-order valence-electron chi connectivity index (χ4n) is 3.03. The number of aromatic nitrogens is 2. The number of rotatable bonds is 4. The smallest absolute Gasteiger partial charge is 0.136 e. The molecule has 3 aromatic rings. The Balaban J connectivity index is 1.62. The molecule has 1 saturated heterocycles. The minimum absolute atomic E-state index is 0.829. The highest BCUT2D eigenvalue weighted by Crippen LogP contribution is 2.33. The Bertz CT molecular complexity index is 777. The van der Waals surface area contributed by atoms with Crippen LogP contribution >= 0.6 is 0 Å². The number of anilines is 1. The Morgan fingerprint density at radius 2 is 1.87 bits per heavy atom. The van der Waals surface area contributed by atoms with Crippen molar-refractivity contribution in [3.05, 3.63) is 61.1 Å². The van der Waals surface area contributed by atoms with Crippen LogP contribution in [0.3, 0.4) is 0 Å². The summed E-state index contributed by atoms with van der Waals surface area (Å²) in [7, 11) is 0. The molecule has 0 unspecified atom stereocenters. The fourth-order valence-corrected chi connectivity index (χ4v) is 3.03. The molecule has 1 N–H and O–H groups in total. The van der Waals surface area contributed by atoms with E-state index in [2.05, 4.69) is 33.1 Å². The lowest BCUT2D eigenvalue weighted by Crippen LogP contribution is -2.17. The first-order valence-corrected chi connectivity index (χ1v) is 8.01. The van der Waals surface area contributed by atoms with Gasteiger partial charge in [0, 0.05) is 30.4 Å². The maximum absolute atomic E-state index is 6.16. The SMILES string of the molecule is c1cc(Oc2ccccc2-c2cnc[nH]2)cc(N2CCCC2)c1. The van der Waals surface area contributed by atoms with Crippen LogP contribution in [0.25, 0.3) is 11.3 Å². The van der Waals surface area contributed by atoms with E-state index in [1.165, 1.54) is 18.5 Å². The van der Waals surface area contributed by atoms with E-state index in [1.807, 2.05) is 36.5 Å². The van der Waals surface area contributed by atoms with Crippen molar-refractivity contribution in [2.45, 2.75) is 12.8 Å². The maximum atomic E-state index is 6.16. The standard InChI is InChI=1S/C19H19N3O/c1-2-9-19(17(8-1)18-13-20-14-21-18)23-16-7-5-6-15(12-16)22-10-3-4-11-22/h1-2,5-9,12-14H,3-4,10-11H2,(H,20,21). The van der Waals surface area contributed by atoms with Gasteiger partial charge in [0.05, 0.1) is 18.2 Å². The van der Waals surface area contributed by atoms with Crippen LogP contribution in [0.2, 0.25) is 0 Å². The molecule has 0 saturated carbocycles. The van der Waals surface area contributed by atoms with Crippen molar-refractivity contribution >= 4 is 5.69 Å². The molecule has 2 heterocycles. The topological polar surface area (TPSA) is 41.1 Å². The van der Waals surface area contributed by atoms with E-state index in [1.54, 1.807) is 6.33 Å². The molecule has 4 rings (SSSR count). The number of aromatic amines is 1. The summed E-state index contributed by atoms with van der Waals surface area (Å²) >= 11 is 0. The van der Waals surface area contributed by atoms with E-state index in [0.29, 0.717) is 0 Å². The number of H-pyrrole nitrogens is 1. The molecular weight excluding hydrogens is 286 g/mol. The number of benzene rings is 2. The molecule has 1 aliphatic rings. The zero-order chi connectivity index (χ0) is 15.5. The Hall–Kier alpha value is -2.75. The molecule has 0 amide bonds. The number of hydrogen-bond donors (Lipinski definition) is 1. The van der Waals surface area contributed by atoms with Gasteiger partial charge in [-0.05, 0) is 37.1 Å². The molecular formula is C19H19N3O. The summed E-state index contributed by atoms with van der Waals surface area (Å²) in [6, 6.07) is 16.3. The Labute approximate surface area is 135 Å². The van der Waals surface area contributed by atoms with Crippen molar-refractivity contribution in [1.82, 2.24) is 9.97 Å². The van der Waals surface area contributed by atoms with Crippen molar-refractivity contribution in [1.29, 1.82) is 0 Å². The minimum atomic E-state index is 0.829. The lowest BCUT2D eigenvalue weighted by Gasteiger charge is -2.18. The van der Waals surface area contributed by atoms with Gasteiger partial charge in [-0.3, -0.25) is 0 Å². The van der Waals surface area contributed by atoms with E-state index in [9.17, 15) is 0 Å². The molecule has 1 aromatic heterocycles. The first-order chi connectivity index (χ1) is 11.4. The largest absolute Gasteiger partial charge is 0.457 e. The van der Waals surface area contributed by atoms with Crippen LogP contribution in [-0.4, -0.2) is 23.1 Å². The summed E-state index contributed by atoms with van der Waals surface area (Å²) in [5.74, 6) is 1.69. The highest BCUT2D eigenvalue weighted by atomic mass is 16.5. The van der Waals surface area contributed by atoms with Crippen LogP contribution in [-0.2, 0) is 0 Å². The van der Waals surface area contributed by atoms with Crippen LogP contribution in [0.15, 0.2) is 61.1 Å². The molecule has 4 heteroatoms. The van der Waals surface area contributed by atoms with Gasteiger partial charge < -0.3 is 14.6 Å². The number of ether oxygens (including phenoxy) is 1. The molecule has 0 bridgehead atoms. The van der Waals surface area contributed by atoms with E-state index < -0.39 is 0 Å². The quantitative estimate of drug-likeness (QED) is 0.773. The van der Waals surface area contributed by atoms with Crippen molar-refractivity contribution < 1.29 is 4.74 Å². The summed E-state index contributed by atoms with van der Waals surface area (Å²) in [5, 5.41) is 0. The van der Waals surface area contributed by atoms with Gasteiger partial charge in [0.15, 0.2) is 0 Å². The molecule has 0 radical (unpaired) electrons. The molecule has 0 atom stereocenters. The summed E-state index contributed by atoms with van der Waals surface area (Å²) in [5.41, 5.74) is 3.20. The zero-order valence-electron chi connectivity index (χ0n) is 12.9. The third kappa shape index (κ3) is 2.93. The summed E-state index contributed by atoms with van der Waals surface area (Å²) < 4.78 is 6.16. The Kier molecular flexibility index (Phi) is 3.72.